The second kappa shape index (κ2) is 12.7. The molecule has 6 heteroatoms. The summed E-state index contributed by atoms with van der Waals surface area (Å²) >= 11 is 0. The van der Waals surface area contributed by atoms with E-state index in [2.05, 4.69) is 55.5 Å². The predicted molar refractivity (Wildman–Crippen MR) is 124 cm³/mol. The lowest BCUT2D eigenvalue weighted by atomic mass is 10.1. The van der Waals surface area contributed by atoms with Gasteiger partial charge in [-0.2, -0.15) is 0 Å². The largest absolute Gasteiger partial charge is 0.493 e. The summed E-state index contributed by atoms with van der Waals surface area (Å²) in [6.07, 6.45) is 3.67. The molecule has 0 saturated carbocycles. The Morgan fingerprint density at radius 2 is 1.87 bits per heavy atom. The number of nitrogens with zero attached hydrogens (tertiary/aromatic N) is 2. The third-order valence-electron chi connectivity index (χ3n) is 4.64. The quantitative estimate of drug-likeness (QED) is 0.333. The molecule has 0 spiro atoms. The van der Waals surface area contributed by atoms with Gasteiger partial charge in [0.25, 0.3) is 0 Å². The van der Waals surface area contributed by atoms with Crippen molar-refractivity contribution in [1.29, 1.82) is 0 Å². The summed E-state index contributed by atoms with van der Waals surface area (Å²) in [6.45, 7) is 11.4. The van der Waals surface area contributed by atoms with E-state index in [0.717, 1.165) is 44.2 Å². The zero-order chi connectivity index (χ0) is 21.8. The number of aliphatic imine (C=N–C) groups is 1. The Hall–Kier alpha value is -2.76. The molecule has 6 nitrogen and oxygen atoms in total. The number of pyridine rings is 1. The number of hydrogen-bond acceptors (Lipinski definition) is 3. The molecule has 2 N–H and O–H groups in total. The van der Waals surface area contributed by atoms with Gasteiger partial charge in [-0.3, -0.25) is 9.79 Å². The van der Waals surface area contributed by atoms with Crippen LogP contribution >= 0.6 is 0 Å². The molecule has 0 saturated heterocycles. The van der Waals surface area contributed by atoms with Crippen LogP contribution in [0.3, 0.4) is 0 Å². The van der Waals surface area contributed by atoms with E-state index in [4.69, 9.17) is 4.74 Å². The predicted octanol–water partition coefficient (Wildman–Crippen LogP) is 3.98. The maximum absolute atomic E-state index is 11.7. The molecule has 0 aliphatic carbocycles. The van der Waals surface area contributed by atoms with E-state index in [0.29, 0.717) is 12.5 Å². The standard InChI is InChI=1S/C24H36N4O2/c1-5-25-24(26-15-7-9-17-28-16-8-6-10-23(28)29)27-20(4)21-11-13-22(14-12-21)30-18-19(2)3/h6,8,10-14,16,19-20H,5,7,9,15,17-18H2,1-4H3,(H2,25,26,27). The van der Waals surface area contributed by atoms with E-state index in [9.17, 15) is 4.79 Å². The highest BCUT2D eigenvalue weighted by atomic mass is 16.5. The minimum absolute atomic E-state index is 0.0467. The van der Waals surface area contributed by atoms with Gasteiger partial charge in [0, 0.05) is 31.9 Å². The van der Waals surface area contributed by atoms with Gasteiger partial charge in [0.05, 0.1) is 12.6 Å². The molecule has 0 amide bonds. The van der Waals surface area contributed by atoms with E-state index in [-0.39, 0.29) is 11.6 Å². The van der Waals surface area contributed by atoms with Crippen LogP contribution in [0.1, 0.15) is 52.1 Å². The lowest BCUT2D eigenvalue weighted by Gasteiger charge is -2.19. The molecular weight excluding hydrogens is 376 g/mol. The molecule has 164 valence electrons. The van der Waals surface area contributed by atoms with Crippen molar-refractivity contribution >= 4 is 5.96 Å². The first-order chi connectivity index (χ1) is 14.5. The lowest BCUT2D eigenvalue weighted by molar-refractivity contribution is 0.271. The molecule has 1 aromatic carbocycles. The highest BCUT2D eigenvalue weighted by Gasteiger charge is 2.08. The van der Waals surface area contributed by atoms with E-state index in [1.807, 2.05) is 24.4 Å². The number of rotatable bonds is 11. The monoisotopic (exact) mass is 412 g/mol. The Kier molecular flexibility index (Phi) is 9.98. The Bertz CT molecular complexity index is 828. The summed E-state index contributed by atoms with van der Waals surface area (Å²) in [5.74, 6) is 2.22. The zero-order valence-corrected chi connectivity index (χ0v) is 18.7. The van der Waals surface area contributed by atoms with Gasteiger partial charge in [-0.25, -0.2) is 0 Å². The fraction of sp³-hybridized carbons (Fsp3) is 0.500. The average Bonchev–Trinajstić information content (AvgIpc) is 2.73. The van der Waals surface area contributed by atoms with Crippen molar-refractivity contribution in [3.8, 4) is 5.75 Å². The van der Waals surface area contributed by atoms with Gasteiger partial charge < -0.3 is 19.9 Å². The van der Waals surface area contributed by atoms with Crippen molar-refractivity contribution in [3.63, 3.8) is 0 Å². The van der Waals surface area contributed by atoms with E-state index in [1.54, 1.807) is 16.7 Å². The molecule has 0 aliphatic rings. The van der Waals surface area contributed by atoms with Gasteiger partial charge in [-0.1, -0.05) is 32.0 Å². The van der Waals surface area contributed by atoms with Crippen LogP contribution in [0, 0.1) is 5.92 Å². The van der Waals surface area contributed by atoms with E-state index >= 15 is 0 Å². The fourth-order valence-corrected chi connectivity index (χ4v) is 2.95. The van der Waals surface area contributed by atoms with Crippen LogP contribution in [0.5, 0.6) is 5.75 Å². The molecule has 0 bridgehead atoms. The SMILES string of the molecule is CCNC(=NCCCCn1ccccc1=O)NC(C)c1ccc(OCC(C)C)cc1. The van der Waals surface area contributed by atoms with E-state index in [1.165, 1.54) is 5.56 Å². The van der Waals surface area contributed by atoms with Crippen molar-refractivity contribution in [2.45, 2.75) is 53.1 Å². The smallest absolute Gasteiger partial charge is 0.250 e. The molecule has 2 aromatic rings. The summed E-state index contributed by atoms with van der Waals surface area (Å²) in [4.78, 5) is 16.4. The molecule has 1 heterocycles. The second-order valence-corrected chi connectivity index (χ2v) is 7.84. The van der Waals surface area contributed by atoms with E-state index < -0.39 is 0 Å². The highest BCUT2D eigenvalue weighted by molar-refractivity contribution is 5.80. The topological polar surface area (TPSA) is 67.7 Å². The fourth-order valence-electron chi connectivity index (χ4n) is 2.95. The van der Waals surface area contributed by atoms with Crippen molar-refractivity contribution < 1.29 is 4.74 Å². The van der Waals surface area contributed by atoms with Gasteiger partial charge in [-0.15, -0.1) is 0 Å². The van der Waals surface area contributed by atoms with Gasteiger partial charge in [-0.05, 0) is 56.4 Å². The Balaban J connectivity index is 1.83. The summed E-state index contributed by atoms with van der Waals surface area (Å²) in [5.41, 5.74) is 1.23. The van der Waals surface area contributed by atoms with Gasteiger partial charge in [0.1, 0.15) is 5.75 Å². The number of guanidine groups is 1. The van der Waals surface area contributed by atoms with Crippen LogP contribution < -0.4 is 20.9 Å². The Morgan fingerprint density at radius 3 is 2.53 bits per heavy atom. The maximum atomic E-state index is 11.7. The minimum atomic E-state index is 0.0467. The second-order valence-electron chi connectivity index (χ2n) is 7.84. The molecule has 0 aliphatic heterocycles. The molecule has 1 aromatic heterocycles. The minimum Gasteiger partial charge on any atom is -0.493 e. The van der Waals surface area contributed by atoms with Gasteiger partial charge in [0.2, 0.25) is 5.56 Å². The Morgan fingerprint density at radius 1 is 1.10 bits per heavy atom. The molecule has 0 radical (unpaired) electrons. The van der Waals surface area contributed by atoms with Gasteiger partial charge >= 0.3 is 0 Å². The normalized spacial score (nSPS) is 12.6. The molecule has 0 fully saturated rings. The molecular formula is C24H36N4O2. The summed E-state index contributed by atoms with van der Waals surface area (Å²) < 4.78 is 7.50. The number of benzene rings is 1. The van der Waals surface area contributed by atoms with Crippen molar-refractivity contribution in [2.75, 3.05) is 19.7 Å². The lowest BCUT2D eigenvalue weighted by Crippen LogP contribution is -2.38. The first-order valence-electron chi connectivity index (χ1n) is 10.9. The average molecular weight is 413 g/mol. The van der Waals surface area contributed by atoms with Crippen LogP contribution in [-0.2, 0) is 6.54 Å². The molecule has 1 unspecified atom stereocenters. The number of aromatic nitrogens is 1. The number of aryl methyl sites for hydroxylation is 1. The first kappa shape index (κ1) is 23.5. The van der Waals surface area contributed by atoms with Crippen molar-refractivity contribution in [2.24, 2.45) is 10.9 Å². The summed E-state index contributed by atoms with van der Waals surface area (Å²) in [6, 6.07) is 13.6. The Labute approximate surface area is 180 Å². The summed E-state index contributed by atoms with van der Waals surface area (Å²) in [5, 5.41) is 6.77. The number of unbranched alkanes of at least 4 members (excludes halogenated alkanes) is 1. The molecule has 1 atom stereocenters. The molecule has 2 rings (SSSR count). The third-order valence-corrected chi connectivity index (χ3v) is 4.64. The van der Waals surface area contributed by atoms with Crippen molar-refractivity contribution in [3.05, 3.63) is 64.6 Å². The highest BCUT2D eigenvalue weighted by Crippen LogP contribution is 2.18. The van der Waals surface area contributed by atoms with Crippen LogP contribution in [0.25, 0.3) is 0 Å². The number of nitrogens with one attached hydrogen (secondary N) is 2. The molecule has 30 heavy (non-hydrogen) atoms. The van der Waals surface area contributed by atoms with Crippen LogP contribution in [0.2, 0.25) is 0 Å². The van der Waals surface area contributed by atoms with Crippen LogP contribution in [0.15, 0.2) is 58.4 Å². The van der Waals surface area contributed by atoms with Crippen molar-refractivity contribution in [1.82, 2.24) is 15.2 Å². The van der Waals surface area contributed by atoms with Crippen LogP contribution in [-0.4, -0.2) is 30.2 Å². The maximum Gasteiger partial charge on any atom is 0.250 e. The first-order valence-corrected chi connectivity index (χ1v) is 10.9. The van der Waals surface area contributed by atoms with Gasteiger partial charge in [0.15, 0.2) is 5.96 Å². The summed E-state index contributed by atoms with van der Waals surface area (Å²) in [7, 11) is 0. The number of hydrogen-bond donors (Lipinski definition) is 2. The third kappa shape index (κ3) is 8.31. The number of ether oxygens (including phenoxy) is 1. The zero-order valence-electron chi connectivity index (χ0n) is 18.7. The van der Waals surface area contributed by atoms with Crippen LogP contribution in [0.4, 0.5) is 0 Å².